The first kappa shape index (κ1) is 11.4. The summed E-state index contributed by atoms with van der Waals surface area (Å²) in [6.45, 7) is 4.96. The van der Waals surface area contributed by atoms with Gasteiger partial charge in [-0.05, 0) is 18.1 Å². The Labute approximate surface area is 99.4 Å². The number of carbonyl (C=O) groups is 1. The van der Waals surface area contributed by atoms with Gasteiger partial charge < -0.3 is 9.73 Å². The number of rotatable bonds is 4. The van der Waals surface area contributed by atoms with Gasteiger partial charge in [0.25, 0.3) is 5.91 Å². The quantitative estimate of drug-likeness (QED) is 0.882. The molecule has 0 aromatic carbocycles. The van der Waals surface area contributed by atoms with Crippen molar-refractivity contribution >= 4 is 11.7 Å². The highest BCUT2D eigenvalue weighted by atomic mass is 16.3. The molecule has 2 rings (SSSR count). The van der Waals surface area contributed by atoms with Crippen LogP contribution in [0.15, 0.2) is 35.1 Å². The highest BCUT2D eigenvalue weighted by molar-refractivity contribution is 6.01. The second-order valence-corrected chi connectivity index (χ2v) is 4.22. The topological polar surface area (TPSA) is 60.1 Å². The Kier molecular flexibility index (Phi) is 3.27. The van der Waals surface area contributed by atoms with Gasteiger partial charge in [0.1, 0.15) is 5.82 Å². The van der Waals surface area contributed by atoms with E-state index in [-0.39, 0.29) is 5.91 Å². The molecule has 1 N–H and O–H groups in total. The maximum Gasteiger partial charge on any atom is 0.292 e. The zero-order valence-electron chi connectivity index (χ0n) is 9.88. The molecular formula is C12H15N3O2. The first-order chi connectivity index (χ1) is 8.16. The summed E-state index contributed by atoms with van der Waals surface area (Å²) in [6.07, 6.45) is 3.14. The highest BCUT2D eigenvalue weighted by Crippen LogP contribution is 2.11. The number of furan rings is 1. The fraction of sp³-hybridized carbons (Fsp3) is 0.333. The minimum atomic E-state index is -0.263. The second kappa shape index (κ2) is 4.86. The highest BCUT2D eigenvalue weighted by Gasteiger charge is 2.11. The van der Waals surface area contributed by atoms with Crippen LogP contribution in [-0.2, 0) is 6.54 Å². The minimum absolute atomic E-state index is 0.263. The molecule has 0 aliphatic carbocycles. The van der Waals surface area contributed by atoms with Crippen LogP contribution in [0.3, 0.4) is 0 Å². The molecule has 0 spiro atoms. The van der Waals surface area contributed by atoms with E-state index in [4.69, 9.17) is 4.42 Å². The number of nitrogens with zero attached hydrogens (tertiary/aromatic N) is 2. The van der Waals surface area contributed by atoms with Crippen molar-refractivity contribution in [2.75, 3.05) is 5.32 Å². The van der Waals surface area contributed by atoms with Crippen molar-refractivity contribution in [1.29, 1.82) is 0 Å². The van der Waals surface area contributed by atoms with E-state index in [1.165, 1.54) is 6.26 Å². The lowest BCUT2D eigenvalue weighted by molar-refractivity contribution is 0.0995. The summed E-state index contributed by atoms with van der Waals surface area (Å²) in [7, 11) is 0. The van der Waals surface area contributed by atoms with Crippen molar-refractivity contribution in [3.05, 3.63) is 36.4 Å². The Balaban J connectivity index is 2.08. The van der Waals surface area contributed by atoms with Crippen LogP contribution in [0.2, 0.25) is 0 Å². The zero-order chi connectivity index (χ0) is 12.3. The molecule has 17 heavy (non-hydrogen) atoms. The summed E-state index contributed by atoms with van der Waals surface area (Å²) >= 11 is 0. The molecule has 5 nitrogen and oxygen atoms in total. The normalized spacial score (nSPS) is 10.8. The molecule has 0 saturated carbocycles. The van der Waals surface area contributed by atoms with Gasteiger partial charge in [0.2, 0.25) is 0 Å². The zero-order valence-corrected chi connectivity index (χ0v) is 9.88. The number of aromatic nitrogens is 2. The molecule has 1 amide bonds. The molecule has 90 valence electrons. The summed E-state index contributed by atoms with van der Waals surface area (Å²) in [5.41, 5.74) is 0. The minimum Gasteiger partial charge on any atom is -0.459 e. The van der Waals surface area contributed by atoms with Crippen LogP contribution in [0.25, 0.3) is 0 Å². The van der Waals surface area contributed by atoms with Crippen molar-refractivity contribution < 1.29 is 9.21 Å². The summed E-state index contributed by atoms with van der Waals surface area (Å²) < 4.78 is 6.79. The van der Waals surface area contributed by atoms with Crippen molar-refractivity contribution in [2.45, 2.75) is 20.4 Å². The summed E-state index contributed by atoms with van der Waals surface area (Å²) in [5, 5.41) is 6.93. The lowest BCUT2D eigenvalue weighted by atomic mass is 10.2. The maximum absolute atomic E-state index is 11.8. The van der Waals surface area contributed by atoms with Crippen LogP contribution < -0.4 is 5.32 Å². The predicted octanol–water partition coefficient (Wildman–Crippen LogP) is 2.38. The van der Waals surface area contributed by atoms with Crippen LogP contribution in [0.5, 0.6) is 0 Å². The Morgan fingerprint density at radius 3 is 3.00 bits per heavy atom. The van der Waals surface area contributed by atoms with E-state index in [9.17, 15) is 4.79 Å². The van der Waals surface area contributed by atoms with Crippen LogP contribution in [-0.4, -0.2) is 15.7 Å². The predicted molar refractivity (Wildman–Crippen MR) is 63.7 cm³/mol. The Morgan fingerprint density at radius 2 is 2.35 bits per heavy atom. The van der Waals surface area contributed by atoms with E-state index in [2.05, 4.69) is 24.3 Å². The van der Waals surface area contributed by atoms with Crippen molar-refractivity contribution in [3.63, 3.8) is 0 Å². The van der Waals surface area contributed by atoms with Crippen molar-refractivity contribution in [3.8, 4) is 0 Å². The van der Waals surface area contributed by atoms with Gasteiger partial charge >= 0.3 is 0 Å². The molecule has 0 bridgehead atoms. The van der Waals surface area contributed by atoms with Crippen LogP contribution >= 0.6 is 0 Å². The molecule has 0 fully saturated rings. The fourth-order valence-corrected chi connectivity index (χ4v) is 1.52. The average Bonchev–Trinajstić information content (AvgIpc) is 2.89. The monoisotopic (exact) mass is 233 g/mol. The molecular weight excluding hydrogens is 218 g/mol. The van der Waals surface area contributed by atoms with Gasteiger partial charge in [-0.15, -0.1) is 0 Å². The van der Waals surface area contributed by atoms with E-state index in [1.54, 1.807) is 29.1 Å². The lowest BCUT2D eigenvalue weighted by Crippen LogP contribution is -2.16. The first-order valence-corrected chi connectivity index (χ1v) is 5.53. The van der Waals surface area contributed by atoms with Gasteiger partial charge in [0, 0.05) is 12.6 Å². The third-order valence-electron chi connectivity index (χ3n) is 2.24. The molecule has 5 heteroatoms. The summed E-state index contributed by atoms with van der Waals surface area (Å²) in [5.74, 6) is 1.18. The third-order valence-corrected chi connectivity index (χ3v) is 2.24. The Bertz CT molecular complexity index is 486. The van der Waals surface area contributed by atoms with Crippen LogP contribution in [0.1, 0.15) is 24.4 Å². The van der Waals surface area contributed by atoms with Gasteiger partial charge in [0.05, 0.1) is 12.5 Å². The molecule has 0 radical (unpaired) electrons. The Morgan fingerprint density at radius 1 is 1.53 bits per heavy atom. The van der Waals surface area contributed by atoms with E-state index in [1.807, 2.05) is 0 Å². The van der Waals surface area contributed by atoms with E-state index in [0.717, 1.165) is 6.54 Å². The van der Waals surface area contributed by atoms with Crippen LogP contribution in [0, 0.1) is 5.92 Å². The number of hydrogen-bond donors (Lipinski definition) is 1. The molecule has 0 aliphatic heterocycles. The van der Waals surface area contributed by atoms with Gasteiger partial charge in [-0.25, -0.2) is 4.68 Å². The van der Waals surface area contributed by atoms with Gasteiger partial charge in [-0.2, -0.15) is 5.10 Å². The van der Waals surface area contributed by atoms with E-state index >= 15 is 0 Å². The molecule has 2 aromatic heterocycles. The molecule has 0 atom stereocenters. The second-order valence-electron chi connectivity index (χ2n) is 4.22. The molecule has 0 aliphatic rings. The first-order valence-electron chi connectivity index (χ1n) is 5.53. The van der Waals surface area contributed by atoms with Crippen LogP contribution in [0.4, 0.5) is 5.82 Å². The fourth-order valence-electron chi connectivity index (χ4n) is 1.52. The van der Waals surface area contributed by atoms with Gasteiger partial charge in [0.15, 0.2) is 5.76 Å². The smallest absolute Gasteiger partial charge is 0.292 e. The summed E-state index contributed by atoms with van der Waals surface area (Å²) in [4.78, 5) is 11.8. The van der Waals surface area contributed by atoms with Crippen molar-refractivity contribution in [1.82, 2.24) is 9.78 Å². The van der Waals surface area contributed by atoms with Gasteiger partial charge in [-0.1, -0.05) is 13.8 Å². The number of amides is 1. The van der Waals surface area contributed by atoms with Gasteiger partial charge in [-0.3, -0.25) is 4.79 Å². The third kappa shape index (κ3) is 2.75. The largest absolute Gasteiger partial charge is 0.459 e. The standard InChI is InChI=1S/C12H15N3O2/c1-9(2)8-15-11(5-6-13-15)14-12(16)10-4-3-7-17-10/h3-7,9H,8H2,1-2H3,(H,14,16). The number of nitrogens with one attached hydrogen (secondary N) is 1. The number of carbonyl (C=O) groups excluding carboxylic acids is 1. The molecule has 0 unspecified atom stereocenters. The average molecular weight is 233 g/mol. The number of hydrogen-bond acceptors (Lipinski definition) is 3. The van der Waals surface area contributed by atoms with Crippen molar-refractivity contribution in [2.24, 2.45) is 5.92 Å². The Hall–Kier alpha value is -2.04. The van der Waals surface area contributed by atoms with E-state index in [0.29, 0.717) is 17.5 Å². The lowest BCUT2D eigenvalue weighted by Gasteiger charge is -2.09. The molecule has 2 heterocycles. The summed E-state index contributed by atoms with van der Waals surface area (Å²) in [6, 6.07) is 5.07. The maximum atomic E-state index is 11.8. The SMILES string of the molecule is CC(C)Cn1nccc1NC(=O)c1ccco1. The van der Waals surface area contributed by atoms with E-state index < -0.39 is 0 Å². The number of anilines is 1. The molecule has 0 saturated heterocycles. The molecule has 2 aromatic rings.